The molecule has 0 saturated carbocycles. The molecule has 0 bridgehead atoms. The van der Waals surface area contributed by atoms with Crippen molar-refractivity contribution < 1.29 is 19.4 Å². The second kappa shape index (κ2) is 5.14. The van der Waals surface area contributed by atoms with E-state index in [4.69, 9.17) is 9.47 Å². The van der Waals surface area contributed by atoms with Gasteiger partial charge in [-0.3, -0.25) is 0 Å². The van der Waals surface area contributed by atoms with Crippen LogP contribution in [-0.4, -0.2) is 16.9 Å². The van der Waals surface area contributed by atoms with E-state index in [9.17, 15) is 9.90 Å². The summed E-state index contributed by atoms with van der Waals surface area (Å²) in [5.74, 6) is -0.830. The number of aryl methyl sites for hydroxylation is 1. The van der Waals surface area contributed by atoms with Gasteiger partial charge >= 0.3 is 5.97 Å². The quantitative estimate of drug-likeness (QED) is 0.863. The number of aliphatic hydroxyl groups is 1. The minimum atomic E-state index is -0.970. The van der Waals surface area contributed by atoms with Gasteiger partial charge in [0.15, 0.2) is 0 Å². The number of hydrogen-bond donors (Lipinski definition) is 1. The number of aliphatic hydroxyl groups excluding tert-OH is 1. The maximum Gasteiger partial charge on any atom is 0.345 e. The van der Waals surface area contributed by atoms with Crippen LogP contribution in [0.1, 0.15) is 35.3 Å². The van der Waals surface area contributed by atoms with Gasteiger partial charge in [0.05, 0.1) is 6.61 Å². The molecule has 0 aromatic heterocycles. The lowest BCUT2D eigenvalue weighted by Gasteiger charge is -2.33. The van der Waals surface area contributed by atoms with Crippen molar-refractivity contribution >= 4 is 5.97 Å². The summed E-state index contributed by atoms with van der Waals surface area (Å²) in [4.78, 5) is 12.4. The Hall–Kier alpha value is -2.33. The Morgan fingerprint density at radius 3 is 2.64 bits per heavy atom. The molecule has 0 fully saturated rings. The van der Waals surface area contributed by atoms with Gasteiger partial charge in [0.2, 0.25) is 5.79 Å². The van der Waals surface area contributed by atoms with Gasteiger partial charge in [-0.1, -0.05) is 24.3 Å². The van der Waals surface area contributed by atoms with E-state index < -0.39 is 11.8 Å². The Morgan fingerprint density at radius 2 is 1.91 bits per heavy atom. The first kappa shape index (κ1) is 14.6. The van der Waals surface area contributed by atoms with Crippen molar-refractivity contribution in [1.82, 2.24) is 0 Å². The zero-order valence-corrected chi connectivity index (χ0v) is 12.8. The molecule has 0 atom stereocenters. The standard InChI is InChI=1S/C18H18O4/c1-11-7-14(13-6-4-5-12(9-13)10-19)16-15(8-11)21-18(2,3)22-17(16)20/h4-9,19H,10H2,1-3H3. The second-order valence-electron chi connectivity index (χ2n) is 5.94. The van der Waals surface area contributed by atoms with E-state index >= 15 is 0 Å². The summed E-state index contributed by atoms with van der Waals surface area (Å²) in [6, 6.07) is 11.2. The number of esters is 1. The number of carbonyl (C=O) groups excluding carboxylic acids is 1. The first-order valence-electron chi connectivity index (χ1n) is 7.17. The van der Waals surface area contributed by atoms with E-state index in [2.05, 4.69) is 0 Å². The summed E-state index contributed by atoms with van der Waals surface area (Å²) in [6.07, 6.45) is 0. The smallest absolute Gasteiger partial charge is 0.345 e. The Morgan fingerprint density at radius 1 is 1.14 bits per heavy atom. The largest absolute Gasteiger partial charge is 0.452 e. The Labute approximate surface area is 129 Å². The molecule has 0 amide bonds. The third-order valence-electron chi connectivity index (χ3n) is 3.57. The van der Waals surface area contributed by atoms with Crippen LogP contribution in [0.3, 0.4) is 0 Å². The van der Waals surface area contributed by atoms with Crippen molar-refractivity contribution in [2.24, 2.45) is 0 Å². The van der Waals surface area contributed by atoms with Gasteiger partial charge in [0.25, 0.3) is 0 Å². The van der Waals surface area contributed by atoms with Crippen LogP contribution < -0.4 is 4.74 Å². The van der Waals surface area contributed by atoms with Crippen LogP contribution in [0, 0.1) is 6.92 Å². The van der Waals surface area contributed by atoms with E-state index in [1.807, 2.05) is 43.3 Å². The molecule has 0 unspecified atom stereocenters. The molecule has 2 aromatic rings. The molecule has 0 saturated heterocycles. The van der Waals surface area contributed by atoms with Gasteiger partial charge in [-0.15, -0.1) is 0 Å². The minimum Gasteiger partial charge on any atom is -0.452 e. The fourth-order valence-electron chi connectivity index (χ4n) is 2.67. The molecule has 0 aliphatic carbocycles. The lowest BCUT2D eigenvalue weighted by Crippen LogP contribution is -2.39. The third kappa shape index (κ3) is 2.57. The van der Waals surface area contributed by atoms with Crippen molar-refractivity contribution in [3.8, 4) is 16.9 Å². The van der Waals surface area contributed by atoms with Crippen LogP contribution in [0.4, 0.5) is 0 Å². The summed E-state index contributed by atoms with van der Waals surface area (Å²) in [6.45, 7) is 5.33. The first-order chi connectivity index (χ1) is 10.4. The van der Waals surface area contributed by atoms with Gasteiger partial charge < -0.3 is 14.6 Å². The zero-order valence-electron chi connectivity index (χ0n) is 12.8. The molecular formula is C18H18O4. The van der Waals surface area contributed by atoms with Crippen LogP contribution in [0.5, 0.6) is 5.75 Å². The topological polar surface area (TPSA) is 55.8 Å². The highest BCUT2D eigenvalue weighted by molar-refractivity contribution is 6.01. The van der Waals surface area contributed by atoms with Crippen LogP contribution in [0.25, 0.3) is 11.1 Å². The molecule has 114 valence electrons. The number of ether oxygens (including phenoxy) is 2. The van der Waals surface area contributed by atoms with Crippen LogP contribution in [-0.2, 0) is 11.3 Å². The number of cyclic esters (lactones) is 1. The summed E-state index contributed by atoms with van der Waals surface area (Å²) in [5.41, 5.74) is 3.82. The zero-order chi connectivity index (χ0) is 15.9. The van der Waals surface area contributed by atoms with Gasteiger partial charge in [0.1, 0.15) is 11.3 Å². The highest BCUT2D eigenvalue weighted by atomic mass is 16.7. The summed E-state index contributed by atoms with van der Waals surface area (Å²) >= 11 is 0. The summed E-state index contributed by atoms with van der Waals surface area (Å²) in [7, 11) is 0. The highest BCUT2D eigenvalue weighted by Crippen LogP contribution is 2.38. The minimum absolute atomic E-state index is 0.0458. The maximum atomic E-state index is 12.4. The molecule has 0 radical (unpaired) electrons. The Balaban J connectivity index is 2.21. The molecule has 0 spiro atoms. The Bertz CT molecular complexity index is 747. The van der Waals surface area contributed by atoms with Crippen LogP contribution in [0.15, 0.2) is 36.4 Å². The van der Waals surface area contributed by atoms with Gasteiger partial charge in [-0.05, 0) is 35.7 Å². The van der Waals surface area contributed by atoms with Crippen molar-refractivity contribution in [1.29, 1.82) is 0 Å². The van der Waals surface area contributed by atoms with E-state index in [1.165, 1.54) is 0 Å². The van der Waals surface area contributed by atoms with E-state index in [0.717, 1.165) is 22.3 Å². The predicted molar refractivity (Wildman–Crippen MR) is 82.7 cm³/mol. The number of hydrogen-bond acceptors (Lipinski definition) is 4. The normalized spacial score (nSPS) is 15.7. The molecule has 4 heteroatoms. The Kier molecular flexibility index (Phi) is 3.41. The molecule has 22 heavy (non-hydrogen) atoms. The van der Waals surface area contributed by atoms with Crippen molar-refractivity contribution in [2.45, 2.75) is 33.2 Å². The molecule has 2 aromatic carbocycles. The lowest BCUT2D eigenvalue weighted by atomic mass is 9.95. The maximum absolute atomic E-state index is 12.4. The number of carbonyl (C=O) groups is 1. The number of benzene rings is 2. The molecule has 1 aliphatic rings. The van der Waals surface area contributed by atoms with Crippen LogP contribution >= 0.6 is 0 Å². The fraction of sp³-hybridized carbons (Fsp3) is 0.278. The van der Waals surface area contributed by atoms with Crippen molar-refractivity contribution in [3.63, 3.8) is 0 Å². The average Bonchev–Trinajstić information content (AvgIpc) is 2.44. The van der Waals surface area contributed by atoms with Gasteiger partial charge in [0, 0.05) is 19.4 Å². The predicted octanol–water partition coefficient (Wildman–Crippen LogP) is 3.44. The summed E-state index contributed by atoms with van der Waals surface area (Å²) < 4.78 is 11.1. The second-order valence-corrected chi connectivity index (χ2v) is 5.94. The molecule has 4 nitrogen and oxygen atoms in total. The molecular weight excluding hydrogens is 280 g/mol. The monoisotopic (exact) mass is 298 g/mol. The third-order valence-corrected chi connectivity index (χ3v) is 3.57. The lowest BCUT2D eigenvalue weighted by molar-refractivity contribution is -0.127. The number of rotatable bonds is 2. The molecule has 3 rings (SSSR count). The van der Waals surface area contributed by atoms with Gasteiger partial charge in [-0.25, -0.2) is 4.79 Å². The van der Waals surface area contributed by atoms with Crippen molar-refractivity contribution in [2.75, 3.05) is 0 Å². The summed E-state index contributed by atoms with van der Waals surface area (Å²) in [5, 5.41) is 9.31. The highest BCUT2D eigenvalue weighted by Gasteiger charge is 2.35. The SMILES string of the molecule is Cc1cc2c(c(-c3cccc(CO)c3)c1)C(=O)OC(C)(C)O2. The molecule has 1 heterocycles. The fourth-order valence-corrected chi connectivity index (χ4v) is 2.67. The van der Waals surface area contributed by atoms with E-state index in [0.29, 0.717) is 11.3 Å². The first-order valence-corrected chi connectivity index (χ1v) is 7.17. The number of fused-ring (bicyclic) bond motifs is 1. The van der Waals surface area contributed by atoms with Crippen LogP contribution in [0.2, 0.25) is 0 Å². The van der Waals surface area contributed by atoms with Crippen molar-refractivity contribution in [3.05, 3.63) is 53.1 Å². The molecule has 1 aliphatic heterocycles. The molecule has 1 N–H and O–H groups in total. The van der Waals surface area contributed by atoms with Gasteiger partial charge in [-0.2, -0.15) is 0 Å². The van der Waals surface area contributed by atoms with E-state index in [1.54, 1.807) is 13.8 Å². The average molecular weight is 298 g/mol. The van der Waals surface area contributed by atoms with E-state index in [-0.39, 0.29) is 6.61 Å².